The van der Waals surface area contributed by atoms with E-state index in [1.54, 1.807) is 6.08 Å². The van der Waals surface area contributed by atoms with Crippen molar-refractivity contribution in [2.24, 2.45) is 5.92 Å². The zero-order chi connectivity index (χ0) is 22.3. The summed E-state index contributed by atoms with van der Waals surface area (Å²) in [6, 6.07) is -1.60. The van der Waals surface area contributed by atoms with Gasteiger partial charge in [0.1, 0.15) is 6.04 Å². The number of halogens is 3. The van der Waals surface area contributed by atoms with Gasteiger partial charge in [0.05, 0.1) is 11.6 Å². The molecule has 0 radical (unpaired) electrons. The topological polar surface area (TPSA) is 136 Å². The fourth-order valence-corrected chi connectivity index (χ4v) is 3.07. The van der Waals surface area contributed by atoms with Crippen molar-refractivity contribution in [2.45, 2.75) is 69.9 Å². The van der Waals surface area contributed by atoms with Crippen LogP contribution >= 0.6 is 0 Å². The summed E-state index contributed by atoms with van der Waals surface area (Å²) in [6.07, 6.45) is -2.05. The van der Waals surface area contributed by atoms with Crippen molar-refractivity contribution in [1.82, 2.24) is 10.6 Å². The number of amides is 1. The molecule has 0 spiro atoms. The van der Waals surface area contributed by atoms with E-state index in [1.807, 2.05) is 13.8 Å². The maximum atomic E-state index is 11.5. The largest absolute Gasteiger partial charge is 0.490 e. The first-order chi connectivity index (χ1) is 12.7. The number of aliphatic carboxylic acids is 2. The van der Waals surface area contributed by atoms with Gasteiger partial charge in [0.15, 0.2) is 0 Å². The minimum Gasteiger partial charge on any atom is -0.480 e. The highest BCUT2D eigenvalue weighted by Gasteiger charge is 2.47. The Morgan fingerprint density at radius 3 is 2.00 bits per heavy atom. The summed E-state index contributed by atoms with van der Waals surface area (Å²) in [5.41, 5.74) is -1.09. The normalized spacial score (nSPS) is 23.2. The Kier molecular flexibility index (Phi) is 9.62. The third-order valence-corrected chi connectivity index (χ3v) is 4.73. The SMILES string of the molecule is C=C[C@@H]1C[C@H](C(=O)O)N[C@H]1[C@@H](NC(C)=O)C(O)(CC)CC.O=C(O)C(F)(F)F. The predicted molar refractivity (Wildman–Crippen MR) is 93.5 cm³/mol. The summed E-state index contributed by atoms with van der Waals surface area (Å²) in [4.78, 5) is 31.6. The third kappa shape index (κ3) is 7.12. The lowest BCUT2D eigenvalue weighted by Gasteiger charge is -2.40. The highest BCUT2D eigenvalue weighted by atomic mass is 19.4. The zero-order valence-corrected chi connectivity index (χ0v) is 15.9. The van der Waals surface area contributed by atoms with Crippen molar-refractivity contribution in [3.05, 3.63) is 12.7 Å². The van der Waals surface area contributed by atoms with E-state index in [1.165, 1.54) is 6.92 Å². The molecule has 8 nitrogen and oxygen atoms in total. The molecule has 162 valence electrons. The van der Waals surface area contributed by atoms with Crippen LogP contribution in [0, 0.1) is 5.92 Å². The van der Waals surface area contributed by atoms with Gasteiger partial charge in [0, 0.05) is 13.0 Å². The first-order valence-corrected chi connectivity index (χ1v) is 8.64. The number of rotatable bonds is 7. The summed E-state index contributed by atoms with van der Waals surface area (Å²) >= 11 is 0. The van der Waals surface area contributed by atoms with Crippen molar-refractivity contribution in [2.75, 3.05) is 0 Å². The average Bonchev–Trinajstić information content (AvgIpc) is 3.02. The summed E-state index contributed by atoms with van der Waals surface area (Å²) < 4.78 is 31.7. The summed E-state index contributed by atoms with van der Waals surface area (Å²) in [5.74, 6) is -4.05. The highest BCUT2D eigenvalue weighted by molar-refractivity contribution is 5.75. The fraction of sp³-hybridized carbons (Fsp3) is 0.706. The molecule has 0 unspecified atom stereocenters. The van der Waals surface area contributed by atoms with Gasteiger partial charge in [0.25, 0.3) is 0 Å². The molecule has 1 saturated heterocycles. The van der Waals surface area contributed by atoms with E-state index in [-0.39, 0.29) is 17.9 Å². The molecule has 1 aliphatic heterocycles. The minimum absolute atomic E-state index is 0.118. The first kappa shape index (κ1) is 25.9. The van der Waals surface area contributed by atoms with Gasteiger partial charge in [-0.25, -0.2) is 4.79 Å². The van der Waals surface area contributed by atoms with Crippen LogP contribution in [0.25, 0.3) is 0 Å². The van der Waals surface area contributed by atoms with E-state index in [0.717, 1.165) is 0 Å². The number of carbonyl (C=O) groups is 3. The van der Waals surface area contributed by atoms with Crippen LogP contribution in [0.2, 0.25) is 0 Å². The lowest BCUT2D eigenvalue weighted by molar-refractivity contribution is -0.192. The summed E-state index contributed by atoms with van der Waals surface area (Å²) in [7, 11) is 0. The molecule has 11 heteroatoms. The Labute approximate surface area is 160 Å². The molecule has 0 aromatic heterocycles. The van der Waals surface area contributed by atoms with Crippen molar-refractivity contribution < 1.29 is 42.9 Å². The van der Waals surface area contributed by atoms with E-state index >= 15 is 0 Å². The van der Waals surface area contributed by atoms with Crippen LogP contribution in [0.5, 0.6) is 0 Å². The standard InChI is InChI=1S/C15H26N2O4.C2HF3O2/c1-5-10-8-11(14(19)20)17-12(10)13(16-9(4)18)15(21,6-2)7-3;3-2(4,5)1(6)7/h5,10-13,17,21H,1,6-8H2,2-4H3,(H,16,18)(H,19,20);(H,6,7)/t10-,11-,12-,13-;/m1./s1. The zero-order valence-electron chi connectivity index (χ0n) is 15.9. The Hall–Kier alpha value is -2.14. The second kappa shape index (κ2) is 10.4. The van der Waals surface area contributed by atoms with E-state index in [0.29, 0.717) is 19.3 Å². The van der Waals surface area contributed by atoms with E-state index in [2.05, 4.69) is 17.2 Å². The van der Waals surface area contributed by atoms with Gasteiger partial charge in [-0.05, 0) is 25.2 Å². The number of aliphatic hydroxyl groups is 1. The van der Waals surface area contributed by atoms with Crippen LogP contribution in [-0.4, -0.2) is 63.1 Å². The molecule has 0 aliphatic carbocycles. The molecule has 1 heterocycles. The second-order valence-electron chi connectivity index (χ2n) is 6.51. The number of hydrogen-bond acceptors (Lipinski definition) is 5. The molecule has 1 amide bonds. The van der Waals surface area contributed by atoms with E-state index < -0.39 is 35.8 Å². The Balaban J connectivity index is 0.000000887. The van der Waals surface area contributed by atoms with Gasteiger partial charge in [-0.15, -0.1) is 6.58 Å². The summed E-state index contributed by atoms with van der Waals surface area (Å²) in [5, 5.41) is 32.9. The molecule has 0 aromatic rings. The lowest BCUT2D eigenvalue weighted by Crippen LogP contribution is -2.62. The predicted octanol–water partition coefficient (Wildman–Crippen LogP) is 1.29. The number of carboxylic acids is 2. The molecule has 0 saturated carbocycles. The van der Waals surface area contributed by atoms with Crippen LogP contribution in [0.4, 0.5) is 13.2 Å². The molecule has 1 rings (SSSR count). The number of carboxylic acid groups (broad SMARTS) is 2. The van der Waals surface area contributed by atoms with Crippen LogP contribution in [0.15, 0.2) is 12.7 Å². The first-order valence-electron chi connectivity index (χ1n) is 8.64. The van der Waals surface area contributed by atoms with Crippen molar-refractivity contribution in [3.8, 4) is 0 Å². The van der Waals surface area contributed by atoms with E-state index in [9.17, 15) is 33.0 Å². The van der Waals surface area contributed by atoms with Gasteiger partial charge in [-0.1, -0.05) is 19.9 Å². The molecular formula is C17H27F3N2O6. The fourth-order valence-electron chi connectivity index (χ4n) is 3.07. The van der Waals surface area contributed by atoms with Gasteiger partial charge in [-0.2, -0.15) is 13.2 Å². The monoisotopic (exact) mass is 412 g/mol. The van der Waals surface area contributed by atoms with Crippen LogP contribution < -0.4 is 10.6 Å². The molecule has 0 bridgehead atoms. The molecule has 28 heavy (non-hydrogen) atoms. The second-order valence-corrected chi connectivity index (χ2v) is 6.51. The quantitative estimate of drug-likeness (QED) is 0.398. The van der Waals surface area contributed by atoms with Gasteiger partial charge >= 0.3 is 18.1 Å². The maximum absolute atomic E-state index is 11.5. The van der Waals surface area contributed by atoms with Crippen molar-refractivity contribution in [1.29, 1.82) is 0 Å². The number of alkyl halides is 3. The molecule has 1 fully saturated rings. The van der Waals surface area contributed by atoms with Crippen LogP contribution in [-0.2, 0) is 14.4 Å². The maximum Gasteiger partial charge on any atom is 0.490 e. The van der Waals surface area contributed by atoms with Gasteiger partial charge in [0.2, 0.25) is 5.91 Å². The molecule has 5 N–H and O–H groups in total. The van der Waals surface area contributed by atoms with Crippen molar-refractivity contribution in [3.63, 3.8) is 0 Å². The highest BCUT2D eigenvalue weighted by Crippen LogP contribution is 2.31. The third-order valence-electron chi connectivity index (χ3n) is 4.73. The molecule has 4 atom stereocenters. The molecule has 1 aliphatic rings. The number of hydrogen-bond donors (Lipinski definition) is 5. The Morgan fingerprint density at radius 2 is 1.71 bits per heavy atom. The van der Waals surface area contributed by atoms with E-state index in [4.69, 9.17) is 9.90 Å². The lowest BCUT2D eigenvalue weighted by atomic mass is 9.80. The Morgan fingerprint density at radius 1 is 1.25 bits per heavy atom. The van der Waals surface area contributed by atoms with Crippen LogP contribution in [0.1, 0.15) is 40.0 Å². The van der Waals surface area contributed by atoms with Crippen molar-refractivity contribution >= 4 is 17.8 Å². The van der Waals surface area contributed by atoms with Gasteiger partial charge in [-0.3, -0.25) is 14.9 Å². The Bertz CT molecular complexity index is 578. The summed E-state index contributed by atoms with van der Waals surface area (Å²) in [6.45, 7) is 8.85. The number of carbonyl (C=O) groups excluding carboxylic acids is 1. The average molecular weight is 412 g/mol. The molecular weight excluding hydrogens is 385 g/mol. The van der Waals surface area contributed by atoms with Crippen LogP contribution in [0.3, 0.4) is 0 Å². The minimum atomic E-state index is -5.08. The van der Waals surface area contributed by atoms with Gasteiger partial charge < -0.3 is 20.6 Å². The smallest absolute Gasteiger partial charge is 0.480 e. The number of nitrogens with one attached hydrogen (secondary N) is 2. The molecule has 0 aromatic carbocycles.